The number of fused-ring (bicyclic) bond motifs is 1. The predicted molar refractivity (Wildman–Crippen MR) is 48.0 cm³/mol. The van der Waals surface area contributed by atoms with E-state index in [1.807, 2.05) is 0 Å². The topological polar surface area (TPSA) is 69.4 Å². The maximum Gasteiger partial charge on any atom is 0.339 e. The van der Waals surface area contributed by atoms with Gasteiger partial charge in [0.2, 0.25) is 0 Å². The molecule has 5 nitrogen and oxygen atoms in total. The first-order valence-electron chi connectivity index (χ1n) is 3.63. The van der Waals surface area contributed by atoms with Crippen LogP contribution in [0.4, 0.5) is 5.69 Å². The molecule has 0 atom stereocenters. The summed E-state index contributed by atoms with van der Waals surface area (Å²) in [7, 11) is 0. The average Bonchev–Trinajstić information content (AvgIpc) is 2.48. The number of ether oxygens (including phenoxy) is 1. The first-order valence-corrected chi connectivity index (χ1v) is 3.63. The molecule has 1 aliphatic rings. The van der Waals surface area contributed by atoms with Gasteiger partial charge in [0.05, 0.1) is 16.1 Å². The van der Waals surface area contributed by atoms with E-state index in [1.165, 1.54) is 18.2 Å². The van der Waals surface area contributed by atoms with Gasteiger partial charge in [-0.1, -0.05) is 6.07 Å². The van der Waals surface area contributed by atoms with Crippen LogP contribution in [0.2, 0.25) is 0 Å². The van der Waals surface area contributed by atoms with Crippen LogP contribution in [0.5, 0.6) is 0 Å². The smallest absolute Gasteiger partial charge is 0.339 e. The molecular formula is C8H5NNaO4. The quantitative estimate of drug-likeness (QED) is 0.293. The minimum absolute atomic E-state index is 0. The monoisotopic (exact) mass is 202 g/mol. The molecular weight excluding hydrogens is 197 g/mol. The van der Waals surface area contributed by atoms with Gasteiger partial charge in [0.15, 0.2) is 0 Å². The largest absolute Gasteiger partial charge is 0.457 e. The molecule has 0 N–H and O–H groups in total. The Morgan fingerprint density at radius 2 is 2.14 bits per heavy atom. The Morgan fingerprint density at radius 3 is 2.79 bits per heavy atom. The van der Waals surface area contributed by atoms with Crippen LogP contribution in [0, 0.1) is 10.1 Å². The fourth-order valence-electron chi connectivity index (χ4n) is 1.30. The molecule has 0 fully saturated rings. The second-order valence-corrected chi connectivity index (χ2v) is 2.64. The number of hydrogen-bond acceptors (Lipinski definition) is 4. The van der Waals surface area contributed by atoms with Gasteiger partial charge in [-0.2, -0.15) is 0 Å². The molecule has 0 aliphatic carbocycles. The zero-order valence-electron chi connectivity index (χ0n) is 7.52. The molecule has 0 aromatic heterocycles. The number of rotatable bonds is 1. The van der Waals surface area contributed by atoms with E-state index in [2.05, 4.69) is 4.74 Å². The van der Waals surface area contributed by atoms with E-state index in [1.54, 1.807) is 0 Å². The van der Waals surface area contributed by atoms with Crippen molar-refractivity contribution in [1.29, 1.82) is 0 Å². The van der Waals surface area contributed by atoms with Gasteiger partial charge < -0.3 is 4.74 Å². The molecule has 14 heavy (non-hydrogen) atoms. The summed E-state index contributed by atoms with van der Waals surface area (Å²) in [5, 5.41) is 10.5. The number of esters is 1. The molecule has 67 valence electrons. The predicted octanol–water partition coefficient (Wildman–Crippen LogP) is 0.884. The van der Waals surface area contributed by atoms with Crippen LogP contribution in [0.1, 0.15) is 15.9 Å². The maximum absolute atomic E-state index is 11.0. The minimum Gasteiger partial charge on any atom is -0.457 e. The fourth-order valence-corrected chi connectivity index (χ4v) is 1.30. The van der Waals surface area contributed by atoms with E-state index in [0.717, 1.165) is 0 Å². The van der Waals surface area contributed by atoms with Crippen molar-refractivity contribution < 1.29 is 14.5 Å². The summed E-state index contributed by atoms with van der Waals surface area (Å²) >= 11 is 0. The van der Waals surface area contributed by atoms with Gasteiger partial charge >= 0.3 is 5.97 Å². The molecule has 2 rings (SSSR count). The molecule has 1 aromatic carbocycles. The summed E-state index contributed by atoms with van der Waals surface area (Å²) in [6.07, 6.45) is 0. The van der Waals surface area contributed by atoms with Crippen LogP contribution in [-0.4, -0.2) is 40.4 Å². The van der Waals surface area contributed by atoms with E-state index in [0.29, 0.717) is 11.1 Å². The fraction of sp³-hybridized carbons (Fsp3) is 0.125. The van der Waals surface area contributed by atoms with Crippen molar-refractivity contribution in [3.05, 3.63) is 39.4 Å². The number of nitrogens with zero attached hydrogens (tertiary/aromatic N) is 1. The first-order chi connectivity index (χ1) is 6.20. The van der Waals surface area contributed by atoms with Gasteiger partial charge in [-0.05, 0) is 6.07 Å². The van der Waals surface area contributed by atoms with Crippen LogP contribution in [0.3, 0.4) is 0 Å². The van der Waals surface area contributed by atoms with Crippen molar-refractivity contribution in [1.82, 2.24) is 0 Å². The van der Waals surface area contributed by atoms with Crippen LogP contribution >= 0.6 is 0 Å². The molecule has 1 aromatic rings. The normalized spacial score (nSPS) is 12.7. The number of carbonyl (C=O) groups is 1. The molecule has 0 amide bonds. The number of hydrogen-bond donors (Lipinski definition) is 0. The van der Waals surface area contributed by atoms with Gasteiger partial charge in [0, 0.05) is 35.6 Å². The molecule has 1 radical (unpaired) electrons. The Hall–Kier alpha value is -0.910. The van der Waals surface area contributed by atoms with E-state index in [9.17, 15) is 14.9 Å². The van der Waals surface area contributed by atoms with Crippen LogP contribution in [0.15, 0.2) is 18.2 Å². The minimum atomic E-state index is -0.513. The summed E-state index contributed by atoms with van der Waals surface area (Å²) < 4.78 is 4.67. The summed E-state index contributed by atoms with van der Waals surface area (Å²) in [4.78, 5) is 21.0. The van der Waals surface area contributed by atoms with Gasteiger partial charge in [0.1, 0.15) is 6.61 Å². The van der Waals surface area contributed by atoms with Gasteiger partial charge in [-0.15, -0.1) is 0 Å². The third kappa shape index (κ3) is 1.66. The van der Waals surface area contributed by atoms with E-state index in [4.69, 9.17) is 0 Å². The van der Waals surface area contributed by atoms with Crippen molar-refractivity contribution in [3.8, 4) is 0 Å². The van der Waals surface area contributed by atoms with Crippen LogP contribution in [0.25, 0.3) is 0 Å². The van der Waals surface area contributed by atoms with Crippen molar-refractivity contribution in [2.75, 3.05) is 0 Å². The molecule has 0 unspecified atom stereocenters. The zero-order chi connectivity index (χ0) is 9.42. The third-order valence-corrected chi connectivity index (χ3v) is 1.92. The standard InChI is InChI=1S/C8H5NO4.Na/c10-8-5-2-1-3-7(9(11)12)6(5)4-13-8;/h1-3H,4H2;. The van der Waals surface area contributed by atoms with E-state index in [-0.39, 0.29) is 41.9 Å². The summed E-state index contributed by atoms with van der Waals surface area (Å²) in [5.41, 5.74) is 0.620. The van der Waals surface area contributed by atoms with Crippen molar-refractivity contribution >= 4 is 41.2 Å². The molecule has 0 saturated heterocycles. The average molecular weight is 202 g/mol. The summed E-state index contributed by atoms with van der Waals surface area (Å²) in [6, 6.07) is 4.36. The molecule has 0 bridgehead atoms. The molecule has 0 saturated carbocycles. The first kappa shape index (κ1) is 11.2. The Bertz CT molecular complexity index is 404. The van der Waals surface area contributed by atoms with Gasteiger partial charge in [-0.25, -0.2) is 4.79 Å². The Morgan fingerprint density at radius 1 is 1.43 bits per heavy atom. The van der Waals surface area contributed by atoms with Gasteiger partial charge in [0.25, 0.3) is 5.69 Å². The Kier molecular flexibility index (Phi) is 3.25. The number of carbonyl (C=O) groups excluding carboxylic acids is 1. The second kappa shape index (κ2) is 4.08. The number of nitro benzene ring substituents is 1. The van der Waals surface area contributed by atoms with Crippen molar-refractivity contribution in [2.24, 2.45) is 0 Å². The van der Waals surface area contributed by atoms with Crippen molar-refractivity contribution in [3.63, 3.8) is 0 Å². The molecule has 1 aliphatic heterocycles. The van der Waals surface area contributed by atoms with Crippen LogP contribution < -0.4 is 0 Å². The Labute approximate surface area is 101 Å². The third-order valence-electron chi connectivity index (χ3n) is 1.92. The van der Waals surface area contributed by atoms with Crippen molar-refractivity contribution in [2.45, 2.75) is 6.61 Å². The maximum atomic E-state index is 11.0. The van der Waals surface area contributed by atoms with E-state index < -0.39 is 10.9 Å². The SMILES string of the molecule is O=C1OCc2c1cccc2[N+](=O)[O-].[Na]. The number of cyclic esters (lactones) is 1. The summed E-state index contributed by atoms with van der Waals surface area (Å²) in [6.45, 7) is 0.00528. The van der Waals surface area contributed by atoms with Gasteiger partial charge in [-0.3, -0.25) is 10.1 Å². The van der Waals surface area contributed by atoms with Crippen LogP contribution in [-0.2, 0) is 11.3 Å². The number of nitro groups is 1. The van der Waals surface area contributed by atoms with E-state index >= 15 is 0 Å². The number of benzene rings is 1. The summed E-state index contributed by atoms with van der Waals surface area (Å²) in [5.74, 6) is -0.487. The Balaban J connectivity index is 0.000000980. The molecule has 0 spiro atoms. The molecule has 1 heterocycles. The zero-order valence-corrected chi connectivity index (χ0v) is 9.52. The second-order valence-electron chi connectivity index (χ2n) is 2.64. The molecule has 6 heteroatoms.